The number of nitrogens with one attached hydrogen (secondary N) is 1. The minimum atomic E-state index is -1.07. The molecular formula is C27H30N2O3. The Hall–Kier alpha value is -3.18. The normalized spacial score (nSPS) is 19.6. The lowest BCUT2D eigenvalue weighted by molar-refractivity contribution is -0.145. The molecule has 5 heteroatoms. The summed E-state index contributed by atoms with van der Waals surface area (Å²) in [6.07, 6.45) is 0.405. The lowest BCUT2D eigenvalue weighted by Gasteiger charge is -2.39. The number of hydrogen-bond donors (Lipinski definition) is 2. The van der Waals surface area contributed by atoms with E-state index in [1.54, 1.807) is 4.90 Å². The SMILES string of the molecule is C[C@@H](NCC1CCN(C(=O)CC(=O)O)CC1c1ccccc1)c1cccc2ccccc12. The Labute approximate surface area is 189 Å². The first kappa shape index (κ1) is 22.0. The number of fused-ring (bicyclic) bond motifs is 1. The van der Waals surface area contributed by atoms with Crippen LogP contribution < -0.4 is 5.32 Å². The van der Waals surface area contributed by atoms with Crippen molar-refractivity contribution in [3.8, 4) is 0 Å². The van der Waals surface area contributed by atoms with Crippen molar-refractivity contribution in [1.82, 2.24) is 10.2 Å². The standard InChI is InChI=1S/C27H30N2O3/c1-19(23-13-7-11-20-10-5-6-12-24(20)23)28-17-22-14-15-29(26(30)16-27(31)32)18-25(22)21-8-3-2-4-9-21/h2-13,19,22,25,28H,14-18H2,1H3,(H,31,32)/t19-,22?,25?/m1/s1. The van der Waals surface area contributed by atoms with Crippen LogP contribution in [0.3, 0.4) is 0 Å². The molecule has 1 aliphatic rings. The third kappa shape index (κ3) is 5.00. The zero-order valence-electron chi connectivity index (χ0n) is 18.4. The molecule has 1 amide bonds. The Morgan fingerprint density at radius 2 is 1.75 bits per heavy atom. The van der Waals surface area contributed by atoms with E-state index >= 15 is 0 Å². The van der Waals surface area contributed by atoms with E-state index in [1.807, 2.05) is 18.2 Å². The van der Waals surface area contributed by atoms with Crippen LogP contribution >= 0.6 is 0 Å². The fourth-order valence-corrected chi connectivity index (χ4v) is 4.86. The number of carboxylic acid groups (broad SMARTS) is 1. The first-order valence-corrected chi connectivity index (χ1v) is 11.3. The molecular weight excluding hydrogens is 400 g/mol. The molecule has 2 N–H and O–H groups in total. The van der Waals surface area contributed by atoms with Gasteiger partial charge in [0.15, 0.2) is 0 Å². The van der Waals surface area contributed by atoms with E-state index in [-0.39, 0.29) is 17.9 Å². The Bertz CT molecular complexity index is 1080. The predicted octanol–water partition coefficient (Wildman–Crippen LogP) is 4.60. The largest absolute Gasteiger partial charge is 0.481 e. The van der Waals surface area contributed by atoms with E-state index in [0.29, 0.717) is 19.0 Å². The molecule has 1 saturated heterocycles. The van der Waals surface area contributed by atoms with Gasteiger partial charge in [-0.25, -0.2) is 0 Å². The van der Waals surface area contributed by atoms with Crippen LogP contribution in [0.25, 0.3) is 10.8 Å². The summed E-state index contributed by atoms with van der Waals surface area (Å²) in [4.78, 5) is 25.1. The number of benzene rings is 3. The summed E-state index contributed by atoms with van der Waals surface area (Å²) in [6.45, 7) is 4.20. The summed E-state index contributed by atoms with van der Waals surface area (Å²) in [5, 5.41) is 15.3. The summed E-state index contributed by atoms with van der Waals surface area (Å²) in [6, 6.07) is 25.3. The van der Waals surface area contributed by atoms with Crippen LogP contribution in [0, 0.1) is 5.92 Å². The van der Waals surface area contributed by atoms with Crippen LogP contribution in [0.15, 0.2) is 72.8 Å². The number of hydrogen-bond acceptors (Lipinski definition) is 3. The number of aliphatic carboxylic acids is 1. The van der Waals surface area contributed by atoms with Crippen molar-refractivity contribution in [3.05, 3.63) is 83.9 Å². The summed E-state index contributed by atoms with van der Waals surface area (Å²) in [5.41, 5.74) is 2.48. The first-order chi connectivity index (χ1) is 15.5. The highest BCUT2D eigenvalue weighted by atomic mass is 16.4. The van der Waals surface area contributed by atoms with Crippen molar-refractivity contribution in [1.29, 1.82) is 0 Å². The smallest absolute Gasteiger partial charge is 0.312 e. The molecule has 5 nitrogen and oxygen atoms in total. The zero-order valence-corrected chi connectivity index (χ0v) is 18.4. The second-order valence-electron chi connectivity index (χ2n) is 8.67. The number of piperidine rings is 1. The lowest BCUT2D eigenvalue weighted by Crippen LogP contribution is -2.46. The van der Waals surface area contributed by atoms with Crippen molar-refractivity contribution in [3.63, 3.8) is 0 Å². The van der Waals surface area contributed by atoms with Gasteiger partial charge in [0.2, 0.25) is 5.91 Å². The Morgan fingerprint density at radius 1 is 1.03 bits per heavy atom. The Morgan fingerprint density at radius 3 is 2.53 bits per heavy atom. The van der Waals surface area contributed by atoms with E-state index in [0.717, 1.165) is 13.0 Å². The monoisotopic (exact) mass is 430 g/mol. The molecule has 1 aliphatic heterocycles. The number of carbonyl (C=O) groups excluding carboxylic acids is 1. The second kappa shape index (κ2) is 9.96. The Kier molecular flexibility index (Phi) is 6.86. The minimum absolute atomic E-state index is 0.176. The number of rotatable bonds is 7. The van der Waals surface area contributed by atoms with Gasteiger partial charge in [0.1, 0.15) is 6.42 Å². The number of likely N-dealkylation sites (tertiary alicyclic amines) is 1. The van der Waals surface area contributed by atoms with Crippen molar-refractivity contribution in [2.75, 3.05) is 19.6 Å². The van der Waals surface area contributed by atoms with Crippen molar-refractivity contribution >= 4 is 22.6 Å². The number of carbonyl (C=O) groups is 2. The molecule has 2 unspecified atom stereocenters. The van der Waals surface area contributed by atoms with Gasteiger partial charge in [0, 0.05) is 25.0 Å². The summed E-state index contributed by atoms with van der Waals surface area (Å²) >= 11 is 0. The maximum Gasteiger partial charge on any atom is 0.312 e. The van der Waals surface area contributed by atoms with Crippen LogP contribution in [0.5, 0.6) is 0 Å². The van der Waals surface area contributed by atoms with Crippen molar-refractivity contribution < 1.29 is 14.7 Å². The zero-order chi connectivity index (χ0) is 22.5. The van der Waals surface area contributed by atoms with Gasteiger partial charge in [0.25, 0.3) is 0 Å². The van der Waals surface area contributed by atoms with Gasteiger partial charge in [-0.3, -0.25) is 9.59 Å². The molecule has 0 saturated carbocycles. The average molecular weight is 431 g/mol. The van der Waals surface area contributed by atoms with E-state index in [2.05, 4.69) is 66.8 Å². The third-order valence-corrected chi connectivity index (χ3v) is 6.61. The number of nitrogens with zero attached hydrogens (tertiary/aromatic N) is 1. The molecule has 0 radical (unpaired) electrons. The molecule has 0 spiro atoms. The highest BCUT2D eigenvalue weighted by Gasteiger charge is 2.33. The summed E-state index contributed by atoms with van der Waals surface area (Å²) < 4.78 is 0. The second-order valence-corrected chi connectivity index (χ2v) is 8.67. The van der Waals surface area contributed by atoms with Gasteiger partial charge in [0.05, 0.1) is 0 Å². The van der Waals surface area contributed by atoms with Gasteiger partial charge in [-0.2, -0.15) is 0 Å². The quantitative estimate of drug-likeness (QED) is 0.538. The average Bonchev–Trinajstić information content (AvgIpc) is 2.82. The van der Waals surface area contributed by atoms with Crippen LogP contribution in [-0.2, 0) is 9.59 Å². The molecule has 0 aromatic heterocycles. The molecule has 32 heavy (non-hydrogen) atoms. The Balaban J connectivity index is 1.49. The third-order valence-electron chi connectivity index (χ3n) is 6.61. The van der Waals surface area contributed by atoms with Crippen LogP contribution in [-0.4, -0.2) is 41.5 Å². The molecule has 1 fully saturated rings. The molecule has 4 rings (SSSR count). The molecule has 3 aromatic rings. The maximum absolute atomic E-state index is 12.4. The molecule has 3 atom stereocenters. The van der Waals surface area contributed by atoms with Crippen LogP contribution in [0.2, 0.25) is 0 Å². The van der Waals surface area contributed by atoms with Crippen LogP contribution in [0.4, 0.5) is 0 Å². The van der Waals surface area contributed by atoms with E-state index in [4.69, 9.17) is 5.11 Å². The summed E-state index contributed by atoms with van der Waals surface area (Å²) in [5.74, 6) is -0.827. The fourth-order valence-electron chi connectivity index (χ4n) is 4.86. The molecule has 0 bridgehead atoms. The highest BCUT2D eigenvalue weighted by Crippen LogP contribution is 2.33. The van der Waals surface area contributed by atoms with Crippen molar-refractivity contribution in [2.45, 2.75) is 31.7 Å². The first-order valence-electron chi connectivity index (χ1n) is 11.3. The van der Waals surface area contributed by atoms with Gasteiger partial charge in [-0.05, 0) is 47.7 Å². The molecule has 0 aliphatic carbocycles. The highest BCUT2D eigenvalue weighted by molar-refractivity contribution is 5.93. The summed E-state index contributed by atoms with van der Waals surface area (Å²) in [7, 11) is 0. The number of carboxylic acids is 1. The van der Waals surface area contributed by atoms with Gasteiger partial charge < -0.3 is 15.3 Å². The van der Waals surface area contributed by atoms with Crippen LogP contribution in [0.1, 0.15) is 42.9 Å². The molecule has 3 aromatic carbocycles. The van der Waals surface area contributed by atoms with Crippen molar-refractivity contribution in [2.24, 2.45) is 5.92 Å². The predicted molar refractivity (Wildman–Crippen MR) is 126 cm³/mol. The van der Waals surface area contributed by atoms with E-state index < -0.39 is 12.4 Å². The molecule has 1 heterocycles. The van der Waals surface area contributed by atoms with Gasteiger partial charge in [-0.15, -0.1) is 0 Å². The number of amides is 1. The topological polar surface area (TPSA) is 69.6 Å². The van der Waals surface area contributed by atoms with E-state index in [9.17, 15) is 9.59 Å². The lowest BCUT2D eigenvalue weighted by atomic mass is 9.80. The maximum atomic E-state index is 12.4. The molecule has 166 valence electrons. The van der Waals surface area contributed by atoms with Gasteiger partial charge >= 0.3 is 5.97 Å². The van der Waals surface area contributed by atoms with Gasteiger partial charge in [-0.1, -0.05) is 72.8 Å². The fraction of sp³-hybridized carbons (Fsp3) is 0.333. The van der Waals surface area contributed by atoms with E-state index in [1.165, 1.54) is 21.9 Å². The minimum Gasteiger partial charge on any atom is -0.481 e.